The number of nitrogens with zero attached hydrogens (tertiary/aromatic N) is 1. The maximum Gasteiger partial charge on any atom is 0.248 e. The summed E-state index contributed by atoms with van der Waals surface area (Å²) in [6.45, 7) is 3.33. The Morgan fingerprint density at radius 1 is 1.11 bits per heavy atom. The maximum absolute atomic E-state index is 11.7. The molecule has 6 nitrogen and oxygen atoms in total. The van der Waals surface area contributed by atoms with E-state index in [1.165, 1.54) is 0 Å². The third kappa shape index (κ3) is 7.25. The number of likely N-dealkylation sites (tertiary alicyclic amines) is 1. The molecule has 1 rings (SSSR count). The van der Waals surface area contributed by atoms with Crippen LogP contribution < -0.4 is 0 Å². The van der Waals surface area contributed by atoms with Crippen LogP contribution in [0.25, 0.3) is 0 Å². The van der Waals surface area contributed by atoms with Crippen LogP contribution in [-0.4, -0.2) is 69.8 Å². The van der Waals surface area contributed by atoms with Crippen molar-refractivity contribution in [1.82, 2.24) is 4.90 Å². The van der Waals surface area contributed by atoms with Crippen LogP contribution >= 0.6 is 0 Å². The zero-order valence-electron chi connectivity index (χ0n) is 11.6. The molecule has 110 valence electrons. The summed E-state index contributed by atoms with van der Waals surface area (Å²) in [5.74, 6) is 0.182. The summed E-state index contributed by atoms with van der Waals surface area (Å²) < 4.78 is 15.4. The molecule has 1 fully saturated rings. The first-order valence-electron chi connectivity index (χ1n) is 6.68. The van der Waals surface area contributed by atoms with Crippen LogP contribution in [0.4, 0.5) is 0 Å². The lowest BCUT2D eigenvalue weighted by atomic mass is 10.1. The Labute approximate surface area is 114 Å². The van der Waals surface area contributed by atoms with Crippen LogP contribution in [0.3, 0.4) is 0 Å². The van der Waals surface area contributed by atoms with Crippen molar-refractivity contribution in [2.75, 3.05) is 53.2 Å². The van der Waals surface area contributed by atoms with Gasteiger partial charge >= 0.3 is 0 Å². The van der Waals surface area contributed by atoms with E-state index in [0.717, 1.165) is 6.42 Å². The lowest BCUT2D eigenvalue weighted by Gasteiger charge is -2.25. The van der Waals surface area contributed by atoms with Gasteiger partial charge in [0.2, 0.25) is 5.91 Å². The highest BCUT2D eigenvalue weighted by molar-refractivity contribution is 5.83. The number of ketones is 1. The molecule has 1 aliphatic heterocycles. The van der Waals surface area contributed by atoms with Gasteiger partial charge in [-0.15, -0.1) is 0 Å². The number of methoxy groups -OCH3 is 1. The second-order valence-electron chi connectivity index (χ2n) is 4.43. The van der Waals surface area contributed by atoms with Crippen molar-refractivity contribution in [3.05, 3.63) is 0 Å². The lowest BCUT2D eigenvalue weighted by molar-refractivity contribution is -0.139. The number of hydrogen-bond acceptors (Lipinski definition) is 5. The van der Waals surface area contributed by atoms with Crippen LogP contribution in [0, 0.1) is 0 Å². The number of ether oxygens (including phenoxy) is 3. The zero-order chi connectivity index (χ0) is 13.9. The van der Waals surface area contributed by atoms with Gasteiger partial charge in [0.1, 0.15) is 12.4 Å². The number of hydrogen-bond donors (Lipinski definition) is 0. The topological polar surface area (TPSA) is 65.1 Å². The monoisotopic (exact) mass is 273 g/mol. The van der Waals surface area contributed by atoms with Crippen LogP contribution in [0.15, 0.2) is 0 Å². The van der Waals surface area contributed by atoms with Gasteiger partial charge in [-0.2, -0.15) is 0 Å². The molecule has 0 spiro atoms. The Kier molecular flexibility index (Phi) is 8.36. The van der Waals surface area contributed by atoms with E-state index in [1.54, 1.807) is 12.0 Å². The van der Waals surface area contributed by atoms with Gasteiger partial charge in [0.05, 0.1) is 13.2 Å². The van der Waals surface area contributed by atoms with E-state index in [9.17, 15) is 9.59 Å². The summed E-state index contributed by atoms with van der Waals surface area (Å²) in [6, 6.07) is 0. The van der Waals surface area contributed by atoms with Gasteiger partial charge in [-0.05, 0) is 6.42 Å². The summed E-state index contributed by atoms with van der Waals surface area (Å²) >= 11 is 0. The number of carbonyl (C=O) groups is 2. The second kappa shape index (κ2) is 9.89. The smallest absolute Gasteiger partial charge is 0.248 e. The number of carbonyl (C=O) groups excluding carboxylic acids is 2. The molecule has 0 aromatic carbocycles. The van der Waals surface area contributed by atoms with E-state index in [-0.39, 0.29) is 18.3 Å². The molecule has 19 heavy (non-hydrogen) atoms. The molecule has 0 bridgehead atoms. The normalized spacial score (nSPS) is 15.8. The summed E-state index contributed by atoms with van der Waals surface area (Å²) in [7, 11) is 1.66. The Morgan fingerprint density at radius 2 is 1.79 bits per heavy atom. The van der Waals surface area contributed by atoms with Gasteiger partial charge in [-0.1, -0.05) is 0 Å². The van der Waals surface area contributed by atoms with Crippen molar-refractivity contribution in [3.63, 3.8) is 0 Å². The van der Waals surface area contributed by atoms with Gasteiger partial charge < -0.3 is 19.1 Å². The highest BCUT2D eigenvalue weighted by atomic mass is 16.5. The molecule has 0 aromatic heterocycles. The molecule has 0 aromatic rings. The molecule has 0 unspecified atom stereocenters. The summed E-state index contributed by atoms with van der Waals surface area (Å²) in [4.78, 5) is 24.4. The fourth-order valence-electron chi connectivity index (χ4n) is 1.78. The number of piperidine rings is 1. The Bertz CT molecular complexity index is 272. The van der Waals surface area contributed by atoms with E-state index >= 15 is 0 Å². The molecule has 0 radical (unpaired) electrons. The largest absolute Gasteiger partial charge is 0.385 e. The van der Waals surface area contributed by atoms with Crippen molar-refractivity contribution in [3.8, 4) is 0 Å². The van der Waals surface area contributed by atoms with E-state index in [4.69, 9.17) is 14.2 Å². The van der Waals surface area contributed by atoms with E-state index < -0.39 is 0 Å². The van der Waals surface area contributed by atoms with Crippen LogP contribution in [0.1, 0.15) is 19.3 Å². The van der Waals surface area contributed by atoms with Crippen molar-refractivity contribution in [1.29, 1.82) is 0 Å². The highest BCUT2D eigenvalue weighted by Crippen LogP contribution is 2.05. The maximum atomic E-state index is 11.7. The molecular formula is C13H23NO5. The molecular weight excluding hydrogens is 250 g/mol. The first-order chi connectivity index (χ1) is 9.24. The molecule has 1 aliphatic rings. The van der Waals surface area contributed by atoms with Crippen LogP contribution in [0.2, 0.25) is 0 Å². The van der Waals surface area contributed by atoms with Gasteiger partial charge in [-0.3, -0.25) is 9.59 Å². The predicted octanol–water partition coefficient (Wildman–Crippen LogP) is 0.248. The summed E-state index contributed by atoms with van der Waals surface area (Å²) in [5, 5.41) is 0. The molecule has 6 heteroatoms. The third-order valence-electron chi connectivity index (χ3n) is 2.91. The minimum atomic E-state index is -0.0492. The van der Waals surface area contributed by atoms with Gasteiger partial charge in [0, 0.05) is 46.3 Å². The van der Waals surface area contributed by atoms with E-state index in [1.807, 2.05) is 0 Å². The third-order valence-corrected chi connectivity index (χ3v) is 2.91. The van der Waals surface area contributed by atoms with E-state index in [0.29, 0.717) is 52.4 Å². The van der Waals surface area contributed by atoms with Crippen molar-refractivity contribution < 1.29 is 23.8 Å². The Morgan fingerprint density at radius 3 is 2.47 bits per heavy atom. The predicted molar refractivity (Wildman–Crippen MR) is 69.0 cm³/mol. The van der Waals surface area contributed by atoms with Crippen molar-refractivity contribution in [2.24, 2.45) is 0 Å². The molecule has 1 saturated heterocycles. The fraction of sp³-hybridized carbons (Fsp3) is 0.846. The summed E-state index contributed by atoms with van der Waals surface area (Å²) in [5.41, 5.74) is 0. The molecule has 0 atom stereocenters. The van der Waals surface area contributed by atoms with Gasteiger partial charge in [-0.25, -0.2) is 0 Å². The minimum absolute atomic E-state index is 0.0492. The zero-order valence-corrected chi connectivity index (χ0v) is 11.6. The number of amides is 1. The second-order valence-corrected chi connectivity index (χ2v) is 4.43. The number of rotatable bonds is 9. The molecule has 1 heterocycles. The summed E-state index contributed by atoms with van der Waals surface area (Å²) in [6.07, 6.45) is 1.79. The minimum Gasteiger partial charge on any atom is -0.385 e. The average molecular weight is 273 g/mol. The van der Waals surface area contributed by atoms with Crippen molar-refractivity contribution >= 4 is 11.7 Å². The Hall–Kier alpha value is -0.980. The van der Waals surface area contributed by atoms with Crippen molar-refractivity contribution in [2.45, 2.75) is 19.3 Å². The quantitative estimate of drug-likeness (QED) is 0.563. The molecule has 0 N–H and O–H groups in total. The fourth-order valence-corrected chi connectivity index (χ4v) is 1.78. The van der Waals surface area contributed by atoms with Gasteiger partial charge in [0.15, 0.2) is 0 Å². The molecule has 1 amide bonds. The SMILES string of the molecule is COCCCOCCOCC(=O)N1CCC(=O)CC1. The van der Waals surface area contributed by atoms with Crippen LogP contribution in [-0.2, 0) is 23.8 Å². The Balaban J connectivity index is 1.94. The standard InChI is InChI=1S/C13H23NO5/c1-17-7-2-8-18-9-10-19-11-13(16)14-5-3-12(15)4-6-14/h2-11H2,1H3. The highest BCUT2D eigenvalue weighted by Gasteiger charge is 2.20. The lowest BCUT2D eigenvalue weighted by Crippen LogP contribution is -2.40. The molecule has 0 aliphatic carbocycles. The van der Waals surface area contributed by atoms with Gasteiger partial charge in [0.25, 0.3) is 0 Å². The first-order valence-corrected chi connectivity index (χ1v) is 6.68. The number of Topliss-reactive ketones (excluding diaryl/α,β-unsaturated/α-hetero) is 1. The van der Waals surface area contributed by atoms with Crippen LogP contribution in [0.5, 0.6) is 0 Å². The first kappa shape index (κ1) is 16.1. The van der Waals surface area contributed by atoms with E-state index in [2.05, 4.69) is 0 Å². The average Bonchev–Trinajstić information content (AvgIpc) is 2.42. The molecule has 0 saturated carbocycles.